The standard InChI is InChI=1S/C15H25N3O2/c1-4-18-11(2)16-15(14(18)19)6-5-12-9-17(7-8-20-3)10-13(12)15/h12-13H,4-10H2,1-3H3/t12-,13+,15-/m1/s1. The Kier molecular flexibility index (Phi) is 3.58. The third-order valence-corrected chi connectivity index (χ3v) is 5.32. The van der Waals surface area contributed by atoms with E-state index in [0.717, 1.165) is 51.5 Å². The first-order chi connectivity index (χ1) is 9.62. The zero-order valence-corrected chi connectivity index (χ0v) is 12.8. The topological polar surface area (TPSA) is 45.1 Å². The molecule has 0 aromatic carbocycles. The number of carbonyl (C=O) groups is 1. The molecule has 112 valence electrons. The normalized spacial score (nSPS) is 37.0. The van der Waals surface area contributed by atoms with Crippen LogP contribution >= 0.6 is 0 Å². The quantitative estimate of drug-likeness (QED) is 0.771. The molecule has 0 bridgehead atoms. The summed E-state index contributed by atoms with van der Waals surface area (Å²) >= 11 is 0. The minimum absolute atomic E-state index is 0.249. The van der Waals surface area contributed by atoms with E-state index in [1.807, 2.05) is 18.7 Å². The van der Waals surface area contributed by atoms with Crippen molar-refractivity contribution in [2.24, 2.45) is 16.8 Å². The van der Waals surface area contributed by atoms with Crippen LogP contribution in [0.3, 0.4) is 0 Å². The van der Waals surface area contributed by atoms with E-state index in [-0.39, 0.29) is 5.91 Å². The van der Waals surface area contributed by atoms with Crippen molar-refractivity contribution in [3.05, 3.63) is 0 Å². The van der Waals surface area contributed by atoms with Gasteiger partial charge in [-0.25, -0.2) is 0 Å². The minimum atomic E-state index is -0.438. The molecule has 2 fully saturated rings. The molecule has 3 rings (SSSR count). The van der Waals surface area contributed by atoms with E-state index < -0.39 is 5.54 Å². The molecule has 20 heavy (non-hydrogen) atoms. The van der Waals surface area contributed by atoms with Gasteiger partial charge in [-0.05, 0) is 32.6 Å². The van der Waals surface area contributed by atoms with E-state index in [0.29, 0.717) is 11.8 Å². The van der Waals surface area contributed by atoms with Crippen LogP contribution in [0.25, 0.3) is 0 Å². The highest BCUT2D eigenvalue weighted by Crippen LogP contribution is 2.50. The number of likely N-dealkylation sites (N-methyl/N-ethyl adjacent to an activating group) is 1. The van der Waals surface area contributed by atoms with Crippen LogP contribution in [0, 0.1) is 11.8 Å². The summed E-state index contributed by atoms with van der Waals surface area (Å²) < 4.78 is 5.17. The molecule has 5 heteroatoms. The Morgan fingerprint density at radius 3 is 2.90 bits per heavy atom. The monoisotopic (exact) mass is 279 g/mol. The Hall–Kier alpha value is -0.940. The fourth-order valence-corrected chi connectivity index (χ4v) is 4.34. The van der Waals surface area contributed by atoms with Gasteiger partial charge < -0.3 is 9.64 Å². The Bertz CT molecular complexity index is 437. The summed E-state index contributed by atoms with van der Waals surface area (Å²) in [6.07, 6.45) is 2.07. The van der Waals surface area contributed by atoms with Crippen LogP contribution < -0.4 is 0 Å². The van der Waals surface area contributed by atoms with Gasteiger partial charge in [-0.3, -0.25) is 14.7 Å². The third kappa shape index (κ3) is 1.91. The first-order valence-electron chi connectivity index (χ1n) is 7.72. The lowest BCUT2D eigenvalue weighted by molar-refractivity contribution is -0.132. The summed E-state index contributed by atoms with van der Waals surface area (Å²) in [7, 11) is 1.74. The van der Waals surface area contributed by atoms with Gasteiger partial charge in [0.1, 0.15) is 11.4 Å². The SMILES string of the molecule is CCN1C(=O)[C@]2(CC[C@@H]3CN(CCOC)C[C@@H]32)N=C1C. The van der Waals surface area contributed by atoms with Crippen LogP contribution in [0.4, 0.5) is 0 Å². The predicted octanol–water partition coefficient (Wildman–Crippen LogP) is 0.994. The lowest BCUT2D eigenvalue weighted by Crippen LogP contribution is -2.46. The van der Waals surface area contributed by atoms with Gasteiger partial charge in [0.2, 0.25) is 0 Å². The lowest BCUT2D eigenvalue weighted by Gasteiger charge is -2.27. The van der Waals surface area contributed by atoms with Gasteiger partial charge in [-0.1, -0.05) is 0 Å². The number of amidine groups is 1. The number of amides is 1. The number of methoxy groups -OCH3 is 1. The van der Waals surface area contributed by atoms with Crippen molar-refractivity contribution < 1.29 is 9.53 Å². The van der Waals surface area contributed by atoms with E-state index in [2.05, 4.69) is 4.90 Å². The summed E-state index contributed by atoms with van der Waals surface area (Å²) in [5.41, 5.74) is -0.438. The molecule has 0 aromatic rings. The molecule has 1 aliphatic carbocycles. The molecule has 0 N–H and O–H groups in total. The Balaban J connectivity index is 1.78. The smallest absolute Gasteiger partial charge is 0.256 e. The highest BCUT2D eigenvalue weighted by atomic mass is 16.5. The Morgan fingerprint density at radius 1 is 1.45 bits per heavy atom. The van der Waals surface area contributed by atoms with Gasteiger partial charge in [0.25, 0.3) is 5.91 Å². The van der Waals surface area contributed by atoms with Crippen molar-refractivity contribution in [3.63, 3.8) is 0 Å². The molecule has 1 spiro atoms. The van der Waals surface area contributed by atoms with Crippen molar-refractivity contribution in [3.8, 4) is 0 Å². The maximum absolute atomic E-state index is 12.8. The van der Waals surface area contributed by atoms with E-state index in [1.165, 1.54) is 0 Å². The summed E-state index contributed by atoms with van der Waals surface area (Å²) in [5.74, 6) is 2.19. The third-order valence-electron chi connectivity index (χ3n) is 5.32. The van der Waals surface area contributed by atoms with Gasteiger partial charge in [-0.2, -0.15) is 0 Å². The van der Waals surface area contributed by atoms with E-state index >= 15 is 0 Å². The van der Waals surface area contributed by atoms with Crippen molar-refractivity contribution in [2.75, 3.05) is 39.9 Å². The second-order valence-electron chi connectivity index (χ2n) is 6.29. The second-order valence-corrected chi connectivity index (χ2v) is 6.29. The molecule has 0 aromatic heterocycles. The van der Waals surface area contributed by atoms with Crippen LogP contribution in [0.1, 0.15) is 26.7 Å². The van der Waals surface area contributed by atoms with Gasteiger partial charge in [-0.15, -0.1) is 0 Å². The van der Waals surface area contributed by atoms with Crippen molar-refractivity contribution in [2.45, 2.75) is 32.2 Å². The molecule has 5 nitrogen and oxygen atoms in total. The van der Waals surface area contributed by atoms with Gasteiger partial charge in [0.15, 0.2) is 0 Å². The van der Waals surface area contributed by atoms with Crippen LogP contribution in [0.15, 0.2) is 4.99 Å². The number of carbonyl (C=O) groups excluding carboxylic acids is 1. The predicted molar refractivity (Wildman–Crippen MR) is 77.8 cm³/mol. The van der Waals surface area contributed by atoms with Crippen LogP contribution in [0.2, 0.25) is 0 Å². The van der Waals surface area contributed by atoms with Crippen LogP contribution in [-0.2, 0) is 9.53 Å². The largest absolute Gasteiger partial charge is 0.383 e. The zero-order chi connectivity index (χ0) is 14.3. The molecule has 2 aliphatic heterocycles. The van der Waals surface area contributed by atoms with Crippen LogP contribution in [-0.4, -0.2) is 67.0 Å². The summed E-state index contributed by atoms with van der Waals surface area (Å²) in [6, 6.07) is 0. The number of rotatable bonds is 4. The second kappa shape index (κ2) is 5.11. The van der Waals surface area contributed by atoms with Gasteiger partial charge in [0.05, 0.1) is 6.61 Å². The number of fused-ring (bicyclic) bond motifs is 2. The average molecular weight is 279 g/mol. The molecule has 2 heterocycles. The Morgan fingerprint density at radius 2 is 2.25 bits per heavy atom. The Labute approximate surface area is 121 Å². The lowest BCUT2D eigenvalue weighted by atomic mass is 9.85. The number of likely N-dealkylation sites (tertiary alicyclic amines) is 1. The van der Waals surface area contributed by atoms with Crippen molar-refractivity contribution in [1.82, 2.24) is 9.80 Å². The molecule has 1 amide bonds. The zero-order valence-electron chi connectivity index (χ0n) is 12.8. The molecular formula is C15H25N3O2. The number of nitrogens with zero attached hydrogens (tertiary/aromatic N) is 3. The average Bonchev–Trinajstić information content (AvgIpc) is 3.04. The van der Waals surface area contributed by atoms with E-state index in [9.17, 15) is 4.79 Å². The summed E-state index contributed by atoms with van der Waals surface area (Å²) in [5, 5.41) is 0. The van der Waals surface area contributed by atoms with Crippen molar-refractivity contribution in [1.29, 1.82) is 0 Å². The summed E-state index contributed by atoms with van der Waals surface area (Å²) in [6.45, 7) is 8.57. The number of ether oxygens (including phenoxy) is 1. The number of hydrogen-bond acceptors (Lipinski definition) is 4. The van der Waals surface area contributed by atoms with E-state index in [4.69, 9.17) is 9.73 Å². The highest BCUT2D eigenvalue weighted by molar-refractivity contribution is 6.07. The first kappa shape index (κ1) is 14.0. The molecule has 3 atom stereocenters. The molecule has 1 saturated carbocycles. The van der Waals surface area contributed by atoms with Crippen molar-refractivity contribution >= 4 is 11.7 Å². The number of hydrogen-bond donors (Lipinski definition) is 0. The fourth-order valence-electron chi connectivity index (χ4n) is 4.34. The molecule has 0 unspecified atom stereocenters. The highest BCUT2D eigenvalue weighted by Gasteiger charge is 2.60. The molecular weight excluding hydrogens is 254 g/mol. The molecule has 0 radical (unpaired) electrons. The maximum Gasteiger partial charge on any atom is 0.256 e. The maximum atomic E-state index is 12.8. The number of aliphatic imine (C=N–C) groups is 1. The van der Waals surface area contributed by atoms with Crippen LogP contribution in [0.5, 0.6) is 0 Å². The summed E-state index contributed by atoms with van der Waals surface area (Å²) in [4.78, 5) is 21.9. The fraction of sp³-hybridized carbons (Fsp3) is 0.867. The minimum Gasteiger partial charge on any atom is -0.383 e. The molecule has 3 aliphatic rings. The molecule has 1 saturated heterocycles. The van der Waals surface area contributed by atoms with E-state index in [1.54, 1.807) is 7.11 Å². The van der Waals surface area contributed by atoms with Gasteiger partial charge in [0, 0.05) is 39.2 Å². The first-order valence-corrected chi connectivity index (χ1v) is 7.72. The van der Waals surface area contributed by atoms with Gasteiger partial charge >= 0.3 is 0 Å².